The van der Waals surface area contributed by atoms with E-state index in [-0.39, 0.29) is 5.82 Å². The first-order valence-electron chi connectivity index (χ1n) is 6.73. The summed E-state index contributed by atoms with van der Waals surface area (Å²) in [7, 11) is 0. The van der Waals surface area contributed by atoms with Gasteiger partial charge in [0.15, 0.2) is 0 Å². The van der Waals surface area contributed by atoms with Gasteiger partial charge in [0, 0.05) is 18.0 Å². The molecule has 6 nitrogen and oxygen atoms in total. The Kier molecular flexibility index (Phi) is 4.63. The van der Waals surface area contributed by atoms with E-state index in [1.807, 2.05) is 6.92 Å². The maximum atomic E-state index is 11.0. The van der Waals surface area contributed by atoms with Crippen LogP contribution in [0.25, 0.3) is 5.57 Å². The highest BCUT2D eigenvalue weighted by atomic mass is 16.5. The van der Waals surface area contributed by atoms with Crippen LogP contribution in [-0.4, -0.2) is 16.1 Å². The molecule has 1 aromatic carbocycles. The third-order valence-electron chi connectivity index (χ3n) is 3.05. The molecule has 1 heterocycles. The Bertz CT molecular complexity index is 709. The average Bonchev–Trinajstić information content (AvgIpc) is 2.48. The van der Waals surface area contributed by atoms with Gasteiger partial charge in [-0.05, 0) is 42.3 Å². The van der Waals surface area contributed by atoms with Crippen molar-refractivity contribution in [2.75, 3.05) is 11.5 Å². The van der Waals surface area contributed by atoms with E-state index in [4.69, 9.17) is 21.3 Å². The number of benzene rings is 1. The number of carbonyl (C=O) groups is 1. The zero-order valence-corrected chi connectivity index (χ0v) is 12.1. The number of aliphatic carboxylic acids is 1. The molecule has 0 amide bonds. The van der Waals surface area contributed by atoms with Gasteiger partial charge in [-0.2, -0.15) is 0 Å². The van der Waals surface area contributed by atoms with Gasteiger partial charge in [0.05, 0.1) is 5.56 Å². The number of nitrogens with two attached hydrogens (primary N) is 2. The first-order chi connectivity index (χ1) is 10.5. The van der Waals surface area contributed by atoms with E-state index in [1.165, 1.54) is 6.20 Å². The SMILES string of the molecule is CC/C(=C\C(=O)O)c1c(Oc2ccc(N)cc2)ccnc1N. The van der Waals surface area contributed by atoms with Gasteiger partial charge >= 0.3 is 5.97 Å². The number of rotatable bonds is 5. The smallest absolute Gasteiger partial charge is 0.328 e. The Morgan fingerprint density at radius 2 is 1.95 bits per heavy atom. The Labute approximate surface area is 128 Å². The van der Waals surface area contributed by atoms with Crippen molar-refractivity contribution in [3.63, 3.8) is 0 Å². The number of allylic oxidation sites excluding steroid dienone is 1. The van der Waals surface area contributed by atoms with Crippen molar-refractivity contribution in [1.82, 2.24) is 4.98 Å². The van der Waals surface area contributed by atoms with Crippen LogP contribution >= 0.6 is 0 Å². The molecule has 0 fully saturated rings. The third kappa shape index (κ3) is 3.54. The minimum Gasteiger partial charge on any atom is -0.478 e. The van der Waals surface area contributed by atoms with Crippen LogP contribution in [0.4, 0.5) is 11.5 Å². The van der Waals surface area contributed by atoms with Crippen LogP contribution < -0.4 is 16.2 Å². The fraction of sp³-hybridized carbons (Fsp3) is 0.125. The number of anilines is 2. The average molecular weight is 299 g/mol. The van der Waals surface area contributed by atoms with Crippen LogP contribution in [0.5, 0.6) is 11.5 Å². The number of hydrogen-bond donors (Lipinski definition) is 3. The summed E-state index contributed by atoms with van der Waals surface area (Å²) in [6, 6.07) is 8.53. The third-order valence-corrected chi connectivity index (χ3v) is 3.05. The number of nitrogen functional groups attached to an aromatic ring is 2. The molecule has 0 bridgehead atoms. The van der Waals surface area contributed by atoms with E-state index in [0.29, 0.717) is 34.7 Å². The van der Waals surface area contributed by atoms with Crippen molar-refractivity contribution < 1.29 is 14.6 Å². The van der Waals surface area contributed by atoms with Crippen LogP contribution in [-0.2, 0) is 4.79 Å². The summed E-state index contributed by atoms with van der Waals surface area (Å²) in [5.41, 5.74) is 13.2. The highest BCUT2D eigenvalue weighted by molar-refractivity contribution is 5.92. The van der Waals surface area contributed by atoms with Gasteiger partial charge in [-0.1, -0.05) is 6.92 Å². The second-order valence-corrected chi connectivity index (χ2v) is 4.60. The molecule has 0 spiro atoms. The molecule has 0 unspecified atom stereocenters. The highest BCUT2D eigenvalue weighted by Crippen LogP contribution is 2.34. The van der Waals surface area contributed by atoms with Gasteiger partial charge < -0.3 is 21.3 Å². The van der Waals surface area contributed by atoms with E-state index in [1.54, 1.807) is 30.3 Å². The molecule has 114 valence electrons. The summed E-state index contributed by atoms with van der Waals surface area (Å²) >= 11 is 0. The number of nitrogens with zero attached hydrogens (tertiary/aromatic N) is 1. The second kappa shape index (κ2) is 6.62. The van der Waals surface area contributed by atoms with E-state index >= 15 is 0 Å². The van der Waals surface area contributed by atoms with Gasteiger partial charge in [-0.25, -0.2) is 9.78 Å². The number of carboxylic acids is 1. The molecule has 0 atom stereocenters. The number of carboxylic acid groups (broad SMARTS) is 1. The maximum Gasteiger partial charge on any atom is 0.328 e. The van der Waals surface area contributed by atoms with E-state index < -0.39 is 5.97 Å². The standard InChI is InChI=1S/C16H17N3O3/c1-2-10(9-14(20)21)15-13(7-8-19-16(15)18)22-12-5-3-11(17)4-6-12/h3-9H,2,17H2,1H3,(H2,18,19)(H,20,21)/b10-9+. The summed E-state index contributed by atoms with van der Waals surface area (Å²) in [5, 5.41) is 8.99. The number of pyridine rings is 1. The van der Waals surface area contributed by atoms with E-state index in [0.717, 1.165) is 6.08 Å². The first kappa shape index (κ1) is 15.4. The lowest BCUT2D eigenvalue weighted by Gasteiger charge is -2.14. The fourth-order valence-corrected chi connectivity index (χ4v) is 2.03. The molecule has 0 saturated heterocycles. The normalized spacial score (nSPS) is 11.2. The van der Waals surface area contributed by atoms with Crippen LogP contribution in [0.1, 0.15) is 18.9 Å². The lowest BCUT2D eigenvalue weighted by atomic mass is 10.0. The van der Waals surface area contributed by atoms with Gasteiger partial charge in [0.25, 0.3) is 0 Å². The van der Waals surface area contributed by atoms with E-state index in [9.17, 15) is 4.79 Å². The summed E-state index contributed by atoms with van der Waals surface area (Å²) in [4.78, 5) is 15.0. The number of aromatic nitrogens is 1. The van der Waals surface area contributed by atoms with Gasteiger partial charge in [0.1, 0.15) is 17.3 Å². The molecule has 0 saturated carbocycles. The zero-order chi connectivity index (χ0) is 16.1. The summed E-state index contributed by atoms with van der Waals surface area (Å²) in [6.07, 6.45) is 3.11. The fourth-order valence-electron chi connectivity index (χ4n) is 2.03. The van der Waals surface area contributed by atoms with Crippen molar-refractivity contribution in [3.05, 3.63) is 48.2 Å². The molecule has 2 rings (SSSR count). The largest absolute Gasteiger partial charge is 0.478 e. The highest BCUT2D eigenvalue weighted by Gasteiger charge is 2.14. The minimum atomic E-state index is -1.04. The van der Waals surface area contributed by atoms with Crippen LogP contribution in [0, 0.1) is 0 Å². The molecule has 0 aliphatic carbocycles. The molecular formula is C16H17N3O3. The molecular weight excluding hydrogens is 282 g/mol. The molecule has 22 heavy (non-hydrogen) atoms. The van der Waals surface area contributed by atoms with Crippen molar-refractivity contribution >= 4 is 23.0 Å². The van der Waals surface area contributed by atoms with Crippen molar-refractivity contribution in [2.24, 2.45) is 0 Å². The lowest BCUT2D eigenvalue weighted by molar-refractivity contribution is -0.131. The van der Waals surface area contributed by atoms with Crippen molar-refractivity contribution in [2.45, 2.75) is 13.3 Å². The summed E-state index contributed by atoms with van der Waals surface area (Å²) in [5.74, 6) is 0.208. The first-order valence-corrected chi connectivity index (χ1v) is 6.73. The van der Waals surface area contributed by atoms with Crippen molar-refractivity contribution in [3.8, 4) is 11.5 Å². The van der Waals surface area contributed by atoms with Crippen LogP contribution in [0.15, 0.2) is 42.6 Å². The van der Waals surface area contributed by atoms with E-state index in [2.05, 4.69) is 4.98 Å². The summed E-state index contributed by atoms with van der Waals surface area (Å²) < 4.78 is 5.80. The van der Waals surface area contributed by atoms with Crippen LogP contribution in [0.2, 0.25) is 0 Å². The predicted octanol–water partition coefficient (Wildman–Crippen LogP) is 2.92. The quantitative estimate of drug-likeness (QED) is 0.578. The Hall–Kier alpha value is -3.02. The zero-order valence-electron chi connectivity index (χ0n) is 12.1. The van der Waals surface area contributed by atoms with Gasteiger partial charge in [0.2, 0.25) is 0 Å². The molecule has 2 aromatic rings. The summed E-state index contributed by atoms with van der Waals surface area (Å²) in [6.45, 7) is 1.84. The maximum absolute atomic E-state index is 11.0. The lowest BCUT2D eigenvalue weighted by Crippen LogP contribution is -2.02. The number of ether oxygens (including phenoxy) is 1. The molecule has 1 aromatic heterocycles. The molecule has 5 N–H and O–H groups in total. The topological polar surface area (TPSA) is 111 Å². The molecule has 0 aliphatic heterocycles. The van der Waals surface area contributed by atoms with Gasteiger partial charge in [-0.3, -0.25) is 0 Å². The van der Waals surface area contributed by atoms with Crippen LogP contribution in [0.3, 0.4) is 0 Å². The Morgan fingerprint density at radius 3 is 2.55 bits per heavy atom. The number of hydrogen-bond acceptors (Lipinski definition) is 5. The Balaban J connectivity index is 2.46. The molecule has 6 heteroatoms. The van der Waals surface area contributed by atoms with Gasteiger partial charge in [-0.15, -0.1) is 0 Å². The second-order valence-electron chi connectivity index (χ2n) is 4.60. The molecule has 0 radical (unpaired) electrons. The molecule has 0 aliphatic rings. The predicted molar refractivity (Wildman–Crippen MR) is 85.5 cm³/mol. The van der Waals surface area contributed by atoms with Crippen molar-refractivity contribution in [1.29, 1.82) is 0 Å². The Morgan fingerprint density at radius 1 is 1.27 bits per heavy atom. The minimum absolute atomic E-state index is 0.224. The monoisotopic (exact) mass is 299 g/mol.